The molecule has 0 fully saturated rings. The SMILES string of the molecule is O=[N+]([O-])c1cc(Cl)ccc1OCC=CCS. The van der Waals surface area contributed by atoms with Crippen LogP contribution in [-0.4, -0.2) is 17.3 Å². The van der Waals surface area contributed by atoms with Crippen LogP contribution in [-0.2, 0) is 0 Å². The van der Waals surface area contributed by atoms with Crippen molar-refractivity contribution in [3.63, 3.8) is 0 Å². The lowest BCUT2D eigenvalue weighted by atomic mass is 10.3. The summed E-state index contributed by atoms with van der Waals surface area (Å²) in [6.45, 7) is 0.267. The third-order valence-corrected chi connectivity index (χ3v) is 2.17. The second-order valence-corrected chi connectivity index (χ2v) is 3.64. The highest BCUT2D eigenvalue weighted by molar-refractivity contribution is 7.80. The summed E-state index contributed by atoms with van der Waals surface area (Å²) in [5.74, 6) is 0.810. The summed E-state index contributed by atoms with van der Waals surface area (Å²) in [6, 6.07) is 4.29. The Morgan fingerprint density at radius 2 is 2.25 bits per heavy atom. The summed E-state index contributed by atoms with van der Waals surface area (Å²) >= 11 is 9.64. The van der Waals surface area contributed by atoms with Gasteiger partial charge >= 0.3 is 5.69 Å². The second-order valence-electron chi connectivity index (χ2n) is 2.83. The van der Waals surface area contributed by atoms with Gasteiger partial charge in [-0.15, -0.1) is 0 Å². The number of halogens is 1. The number of thiol groups is 1. The van der Waals surface area contributed by atoms with E-state index in [9.17, 15) is 10.1 Å². The van der Waals surface area contributed by atoms with E-state index in [2.05, 4.69) is 12.6 Å². The van der Waals surface area contributed by atoms with Gasteiger partial charge in [0, 0.05) is 16.8 Å². The maximum Gasteiger partial charge on any atom is 0.312 e. The molecule has 86 valence electrons. The van der Waals surface area contributed by atoms with Gasteiger partial charge in [0.05, 0.1) is 4.92 Å². The first-order chi connectivity index (χ1) is 7.65. The first-order valence-corrected chi connectivity index (χ1v) is 5.49. The van der Waals surface area contributed by atoms with Gasteiger partial charge in [-0.05, 0) is 12.1 Å². The monoisotopic (exact) mass is 259 g/mol. The Labute approximate surface area is 103 Å². The number of benzene rings is 1. The molecular weight excluding hydrogens is 250 g/mol. The number of rotatable bonds is 5. The van der Waals surface area contributed by atoms with E-state index >= 15 is 0 Å². The highest BCUT2D eigenvalue weighted by atomic mass is 35.5. The summed E-state index contributed by atoms with van der Waals surface area (Å²) < 4.78 is 5.23. The Morgan fingerprint density at radius 1 is 1.50 bits per heavy atom. The molecule has 0 heterocycles. The van der Waals surface area contributed by atoms with Crippen molar-refractivity contribution in [2.75, 3.05) is 12.4 Å². The molecule has 0 bridgehead atoms. The highest BCUT2D eigenvalue weighted by Crippen LogP contribution is 2.29. The summed E-state index contributed by atoms with van der Waals surface area (Å²) in [4.78, 5) is 10.2. The molecule has 0 amide bonds. The van der Waals surface area contributed by atoms with Crippen molar-refractivity contribution in [2.45, 2.75) is 0 Å². The van der Waals surface area contributed by atoms with Gasteiger partial charge in [-0.1, -0.05) is 23.8 Å². The van der Waals surface area contributed by atoms with E-state index in [4.69, 9.17) is 16.3 Å². The van der Waals surface area contributed by atoms with Crippen LogP contribution in [0.5, 0.6) is 5.75 Å². The predicted molar refractivity (Wildman–Crippen MR) is 66.6 cm³/mol. The Kier molecular flexibility index (Phi) is 5.14. The van der Waals surface area contributed by atoms with Crippen LogP contribution < -0.4 is 4.74 Å². The molecule has 0 radical (unpaired) electrons. The fourth-order valence-electron chi connectivity index (χ4n) is 1.04. The van der Waals surface area contributed by atoms with Gasteiger partial charge in [0.2, 0.25) is 0 Å². The maximum atomic E-state index is 10.7. The maximum absolute atomic E-state index is 10.7. The summed E-state index contributed by atoms with van der Waals surface area (Å²) in [5, 5.41) is 11.0. The molecule has 1 aromatic carbocycles. The molecule has 0 aliphatic heterocycles. The minimum atomic E-state index is -0.524. The Balaban J connectivity index is 2.78. The van der Waals surface area contributed by atoms with Gasteiger partial charge in [-0.2, -0.15) is 12.6 Å². The zero-order chi connectivity index (χ0) is 12.0. The molecular formula is C10H10ClNO3S. The van der Waals surface area contributed by atoms with Crippen LogP contribution in [0.4, 0.5) is 5.69 Å². The fourth-order valence-corrected chi connectivity index (χ4v) is 1.35. The molecule has 0 spiro atoms. The van der Waals surface area contributed by atoms with Crippen LogP contribution in [0.25, 0.3) is 0 Å². The van der Waals surface area contributed by atoms with Crippen molar-refractivity contribution >= 4 is 29.9 Å². The topological polar surface area (TPSA) is 52.4 Å². The van der Waals surface area contributed by atoms with E-state index in [-0.39, 0.29) is 18.0 Å². The summed E-state index contributed by atoms with van der Waals surface area (Å²) in [5.41, 5.74) is -0.133. The average molecular weight is 260 g/mol. The Bertz CT molecular complexity index is 409. The van der Waals surface area contributed by atoms with Crippen molar-refractivity contribution < 1.29 is 9.66 Å². The van der Waals surface area contributed by atoms with Crippen molar-refractivity contribution in [3.8, 4) is 5.75 Å². The van der Waals surface area contributed by atoms with E-state index in [0.29, 0.717) is 10.8 Å². The number of hydrogen-bond donors (Lipinski definition) is 1. The third-order valence-electron chi connectivity index (χ3n) is 1.72. The van der Waals surface area contributed by atoms with Crippen molar-refractivity contribution in [2.24, 2.45) is 0 Å². The van der Waals surface area contributed by atoms with E-state index < -0.39 is 4.92 Å². The van der Waals surface area contributed by atoms with Crippen LogP contribution >= 0.6 is 24.2 Å². The zero-order valence-corrected chi connectivity index (χ0v) is 9.95. The second kappa shape index (κ2) is 6.40. The molecule has 4 nitrogen and oxygen atoms in total. The standard InChI is InChI=1S/C10H10ClNO3S/c11-8-3-4-10(9(7-8)12(13)14)15-5-1-2-6-16/h1-4,7,16H,5-6H2. The molecule has 1 aromatic rings. The van der Waals surface area contributed by atoms with Crippen molar-refractivity contribution in [1.82, 2.24) is 0 Å². The van der Waals surface area contributed by atoms with Gasteiger partial charge in [0.1, 0.15) is 6.61 Å². The largest absolute Gasteiger partial charge is 0.483 e. The lowest BCUT2D eigenvalue weighted by Crippen LogP contribution is -1.98. The smallest absolute Gasteiger partial charge is 0.312 e. The van der Waals surface area contributed by atoms with E-state index in [1.54, 1.807) is 18.2 Å². The number of nitro benzene ring substituents is 1. The third kappa shape index (κ3) is 3.75. The molecule has 1 rings (SSSR count). The van der Waals surface area contributed by atoms with Crippen LogP contribution in [0.2, 0.25) is 5.02 Å². The molecule has 0 N–H and O–H groups in total. The van der Waals surface area contributed by atoms with Gasteiger partial charge in [0.15, 0.2) is 5.75 Å². The summed E-state index contributed by atoms with van der Waals surface area (Å²) in [6.07, 6.45) is 3.54. The van der Waals surface area contributed by atoms with E-state index in [1.807, 2.05) is 0 Å². The van der Waals surface area contributed by atoms with Gasteiger partial charge < -0.3 is 4.74 Å². The van der Waals surface area contributed by atoms with Crippen LogP contribution in [0.1, 0.15) is 0 Å². The van der Waals surface area contributed by atoms with Crippen LogP contribution in [0.3, 0.4) is 0 Å². The zero-order valence-electron chi connectivity index (χ0n) is 8.30. The van der Waals surface area contributed by atoms with Gasteiger partial charge in [-0.25, -0.2) is 0 Å². The molecule has 0 aliphatic carbocycles. The van der Waals surface area contributed by atoms with Crippen molar-refractivity contribution in [3.05, 3.63) is 45.5 Å². The summed E-state index contributed by atoms with van der Waals surface area (Å²) in [7, 11) is 0. The van der Waals surface area contributed by atoms with Gasteiger partial charge in [-0.3, -0.25) is 10.1 Å². The average Bonchev–Trinajstić information content (AvgIpc) is 2.26. The quantitative estimate of drug-likeness (QED) is 0.383. The van der Waals surface area contributed by atoms with Crippen molar-refractivity contribution in [1.29, 1.82) is 0 Å². The molecule has 0 atom stereocenters. The van der Waals surface area contributed by atoms with Gasteiger partial charge in [0.25, 0.3) is 0 Å². The van der Waals surface area contributed by atoms with E-state index in [1.165, 1.54) is 12.1 Å². The first kappa shape index (κ1) is 12.9. The molecule has 6 heteroatoms. The Hall–Kier alpha value is -1.20. The first-order valence-electron chi connectivity index (χ1n) is 4.47. The normalized spacial score (nSPS) is 10.6. The fraction of sp³-hybridized carbons (Fsp3) is 0.200. The number of hydrogen-bond acceptors (Lipinski definition) is 4. The molecule has 0 aromatic heterocycles. The Morgan fingerprint density at radius 3 is 2.88 bits per heavy atom. The highest BCUT2D eigenvalue weighted by Gasteiger charge is 2.14. The molecule has 0 aliphatic rings. The molecule has 0 saturated carbocycles. The minimum absolute atomic E-state index is 0.133. The van der Waals surface area contributed by atoms with Crippen LogP contribution in [0, 0.1) is 10.1 Å². The molecule has 16 heavy (non-hydrogen) atoms. The lowest BCUT2D eigenvalue weighted by molar-refractivity contribution is -0.385. The van der Waals surface area contributed by atoms with Crippen LogP contribution in [0.15, 0.2) is 30.4 Å². The number of nitro groups is 1. The minimum Gasteiger partial charge on any atom is -0.483 e. The van der Waals surface area contributed by atoms with E-state index in [0.717, 1.165) is 0 Å². The molecule has 0 unspecified atom stereocenters. The predicted octanol–water partition coefficient (Wildman–Crippen LogP) is 3.11. The number of nitrogens with zero attached hydrogens (tertiary/aromatic N) is 1. The lowest BCUT2D eigenvalue weighted by Gasteiger charge is -2.04. The number of ether oxygens (including phenoxy) is 1. The molecule has 0 saturated heterocycles.